The Labute approximate surface area is 73.9 Å². The lowest BCUT2D eigenvalue weighted by Gasteiger charge is -2.21. The molecule has 1 amide bonds. The van der Waals surface area contributed by atoms with Gasteiger partial charge in [0, 0.05) is 10.5 Å². The molecule has 3 heteroatoms. The maximum Gasteiger partial charge on any atom is 0.227 e. The molecule has 1 N–H and O–H groups in total. The summed E-state index contributed by atoms with van der Waals surface area (Å²) in [6.45, 7) is 0. The summed E-state index contributed by atoms with van der Waals surface area (Å²) in [4.78, 5) is 11.3. The van der Waals surface area contributed by atoms with E-state index in [2.05, 4.69) is 27.9 Å². The summed E-state index contributed by atoms with van der Waals surface area (Å²) < 4.78 is 0.993. The van der Waals surface area contributed by atoms with E-state index in [1.165, 1.54) is 6.42 Å². The van der Waals surface area contributed by atoms with Crippen LogP contribution in [0.2, 0.25) is 0 Å². The van der Waals surface area contributed by atoms with Gasteiger partial charge < -0.3 is 5.32 Å². The molecular weight excluding hydrogens is 241 g/mol. The average Bonchev–Trinajstić information content (AvgIpc) is 2.44. The smallest absolute Gasteiger partial charge is 0.227 e. The monoisotopic (exact) mass is 251 g/mol. The maximum atomic E-state index is 11.3. The Morgan fingerprint density at radius 2 is 2.60 bits per heavy atom. The molecule has 0 aromatic rings. The van der Waals surface area contributed by atoms with Gasteiger partial charge in [0.05, 0.1) is 5.41 Å². The topological polar surface area (TPSA) is 29.1 Å². The van der Waals surface area contributed by atoms with Gasteiger partial charge in [-0.15, -0.1) is 0 Å². The molecule has 2 atom stereocenters. The Hall–Kier alpha value is 0.200. The predicted octanol–water partition coefficient (Wildman–Crippen LogP) is 1.09. The first-order valence-electron chi connectivity index (χ1n) is 3.64. The highest BCUT2D eigenvalue weighted by molar-refractivity contribution is 14.1. The van der Waals surface area contributed by atoms with Crippen LogP contribution in [-0.2, 0) is 4.79 Å². The molecule has 1 aliphatic carbocycles. The summed E-state index contributed by atoms with van der Waals surface area (Å²) in [5, 5.41) is 3.00. The van der Waals surface area contributed by atoms with Crippen LogP contribution in [0.4, 0.5) is 0 Å². The third kappa shape index (κ3) is 0.726. The molecular formula is C7H10INO. The minimum absolute atomic E-state index is 0.0469. The molecule has 1 saturated carbocycles. The predicted molar refractivity (Wildman–Crippen MR) is 47.1 cm³/mol. The van der Waals surface area contributed by atoms with Crippen molar-refractivity contribution in [1.82, 2.24) is 5.32 Å². The third-order valence-electron chi connectivity index (χ3n) is 2.68. The number of carbonyl (C=O) groups excluding carboxylic acids is 1. The van der Waals surface area contributed by atoms with Crippen LogP contribution in [-0.4, -0.2) is 16.4 Å². The average molecular weight is 251 g/mol. The van der Waals surface area contributed by atoms with E-state index in [4.69, 9.17) is 0 Å². The van der Waals surface area contributed by atoms with Crippen molar-refractivity contribution in [2.24, 2.45) is 5.41 Å². The molecule has 0 aromatic heterocycles. The van der Waals surface area contributed by atoms with Crippen molar-refractivity contribution >= 4 is 28.5 Å². The highest BCUT2D eigenvalue weighted by Crippen LogP contribution is 2.44. The Morgan fingerprint density at radius 1 is 1.80 bits per heavy atom. The van der Waals surface area contributed by atoms with E-state index in [9.17, 15) is 4.79 Å². The molecule has 0 aromatic carbocycles. The molecule has 0 spiro atoms. The van der Waals surface area contributed by atoms with Crippen LogP contribution >= 0.6 is 22.6 Å². The number of halogens is 1. The van der Waals surface area contributed by atoms with Gasteiger partial charge in [-0.1, -0.05) is 22.6 Å². The number of amides is 1. The van der Waals surface area contributed by atoms with Gasteiger partial charge in [-0.2, -0.15) is 0 Å². The Kier molecular flexibility index (Phi) is 1.44. The van der Waals surface area contributed by atoms with Crippen molar-refractivity contribution in [2.45, 2.75) is 25.3 Å². The largest absolute Gasteiger partial charge is 0.353 e. The molecule has 1 aliphatic heterocycles. The minimum atomic E-state index is 0.0469. The Balaban J connectivity index is 2.27. The molecule has 10 heavy (non-hydrogen) atoms. The fourth-order valence-corrected chi connectivity index (χ4v) is 3.02. The lowest BCUT2D eigenvalue weighted by molar-refractivity contribution is -0.127. The molecule has 2 rings (SSSR count). The summed E-state index contributed by atoms with van der Waals surface area (Å²) in [6, 6.07) is 0.516. The molecule has 2 aliphatic rings. The van der Waals surface area contributed by atoms with Crippen molar-refractivity contribution < 1.29 is 4.79 Å². The van der Waals surface area contributed by atoms with Gasteiger partial charge in [0.2, 0.25) is 5.91 Å². The van der Waals surface area contributed by atoms with Crippen LogP contribution < -0.4 is 5.32 Å². The van der Waals surface area contributed by atoms with Crippen LogP contribution in [0.5, 0.6) is 0 Å². The summed E-state index contributed by atoms with van der Waals surface area (Å²) in [6.07, 6.45) is 3.41. The number of fused-ring (bicyclic) bond motifs is 2. The lowest BCUT2D eigenvalue weighted by atomic mass is 9.90. The second kappa shape index (κ2) is 2.09. The van der Waals surface area contributed by atoms with Crippen LogP contribution in [0.1, 0.15) is 19.3 Å². The quantitative estimate of drug-likeness (QED) is 0.548. The highest BCUT2D eigenvalue weighted by Gasteiger charge is 2.50. The summed E-state index contributed by atoms with van der Waals surface area (Å²) >= 11 is 2.32. The molecule has 2 fully saturated rings. The normalized spacial score (nSPS) is 44.1. The van der Waals surface area contributed by atoms with Crippen LogP contribution in [0.3, 0.4) is 0 Å². The van der Waals surface area contributed by atoms with Gasteiger partial charge in [-0.05, 0) is 19.3 Å². The fourth-order valence-electron chi connectivity index (χ4n) is 1.98. The second-order valence-corrected chi connectivity index (χ2v) is 4.09. The van der Waals surface area contributed by atoms with E-state index in [1.807, 2.05) is 0 Å². The zero-order valence-electron chi connectivity index (χ0n) is 5.69. The van der Waals surface area contributed by atoms with Crippen molar-refractivity contribution in [3.63, 3.8) is 0 Å². The molecule has 2 nitrogen and oxygen atoms in total. The van der Waals surface area contributed by atoms with E-state index in [-0.39, 0.29) is 5.41 Å². The first-order valence-corrected chi connectivity index (χ1v) is 5.16. The number of rotatable bonds is 1. The molecule has 1 heterocycles. The van der Waals surface area contributed by atoms with Crippen LogP contribution in [0.15, 0.2) is 0 Å². The van der Waals surface area contributed by atoms with Crippen molar-refractivity contribution in [1.29, 1.82) is 0 Å². The first-order chi connectivity index (χ1) is 4.77. The molecule has 1 saturated heterocycles. The summed E-state index contributed by atoms with van der Waals surface area (Å²) in [7, 11) is 0. The van der Waals surface area contributed by atoms with Gasteiger partial charge in [0.1, 0.15) is 0 Å². The molecule has 0 unspecified atom stereocenters. The van der Waals surface area contributed by atoms with Gasteiger partial charge in [0.15, 0.2) is 0 Å². The third-order valence-corrected chi connectivity index (χ3v) is 4.14. The van der Waals surface area contributed by atoms with Crippen molar-refractivity contribution in [3.05, 3.63) is 0 Å². The van der Waals surface area contributed by atoms with Crippen molar-refractivity contribution in [2.75, 3.05) is 4.43 Å². The second-order valence-electron chi connectivity index (χ2n) is 3.33. The molecule has 2 bridgehead atoms. The first kappa shape index (κ1) is 6.88. The van der Waals surface area contributed by atoms with Gasteiger partial charge in [-0.25, -0.2) is 0 Å². The van der Waals surface area contributed by atoms with E-state index in [0.29, 0.717) is 11.9 Å². The summed E-state index contributed by atoms with van der Waals surface area (Å²) in [5.74, 6) is 0.304. The molecule has 56 valence electrons. The number of hydrogen-bond acceptors (Lipinski definition) is 1. The van der Waals surface area contributed by atoms with Crippen LogP contribution in [0, 0.1) is 5.41 Å². The number of alkyl halides is 1. The van der Waals surface area contributed by atoms with E-state index < -0.39 is 0 Å². The standard InChI is InChI=1S/C7H10INO/c8-4-7-2-1-5(3-7)9-6(7)10/h5H,1-4H2,(H,9,10)/t5-,7+/m1/s1. The number of nitrogens with one attached hydrogen (secondary N) is 1. The van der Waals surface area contributed by atoms with Gasteiger partial charge in [0.25, 0.3) is 0 Å². The molecule has 0 radical (unpaired) electrons. The Morgan fingerprint density at radius 3 is 2.90 bits per heavy atom. The summed E-state index contributed by atoms with van der Waals surface area (Å²) in [5.41, 5.74) is 0.0469. The lowest BCUT2D eigenvalue weighted by Crippen LogP contribution is -2.37. The van der Waals surface area contributed by atoms with Crippen molar-refractivity contribution in [3.8, 4) is 0 Å². The zero-order valence-corrected chi connectivity index (χ0v) is 7.85. The number of carbonyl (C=O) groups is 1. The number of piperidine rings is 1. The Bertz CT molecular complexity index is 182. The number of hydrogen-bond donors (Lipinski definition) is 1. The van der Waals surface area contributed by atoms with Gasteiger partial charge >= 0.3 is 0 Å². The van der Waals surface area contributed by atoms with Crippen LogP contribution in [0.25, 0.3) is 0 Å². The minimum Gasteiger partial charge on any atom is -0.353 e. The van der Waals surface area contributed by atoms with E-state index in [1.54, 1.807) is 0 Å². The maximum absolute atomic E-state index is 11.3. The van der Waals surface area contributed by atoms with Gasteiger partial charge in [-0.3, -0.25) is 4.79 Å². The highest BCUT2D eigenvalue weighted by atomic mass is 127. The SMILES string of the molecule is O=C1N[C@@H]2CC[C@@]1(CI)C2. The van der Waals surface area contributed by atoms with E-state index >= 15 is 0 Å². The zero-order chi connectivity index (χ0) is 7.19. The fraction of sp³-hybridized carbons (Fsp3) is 0.857. The van der Waals surface area contributed by atoms with E-state index in [0.717, 1.165) is 17.3 Å².